The molecule has 35 heavy (non-hydrogen) atoms. The molecular weight excluding hydrogens is 555 g/mol. The Hall–Kier alpha value is -3.51. The fraction of sp³-hybridized carbons (Fsp3) is 0.214. The lowest BCUT2D eigenvalue weighted by Gasteiger charge is -2.15. The van der Waals surface area contributed by atoms with Crippen molar-refractivity contribution >= 4 is 40.3 Å². The van der Waals surface area contributed by atoms with Crippen LogP contribution < -0.4 is 19.5 Å². The van der Waals surface area contributed by atoms with Gasteiger partial charge in [0.1, 0.15) is 24.0 Å². The summed E-state index contributed by atoms with van der Waals surface area (Å²) >= 11 is 2.18. The van der Waals surface area contributed by atoms with E-state index in [9.17, 15) is 10.1 Å². The molecule has 0 fully saturated rings. The summed E-state index contributed by atoms with van der Waals surface area (Å²) in [5.41, 5.74) is 3.44. The van der Waals surface area contributed by atoms with E-state index < -0.39 is 5.91 Å². The maximum Gasteiger partial charge on any atom is 0.266 e. The number of halogens is 1. The first-order chi connectivity index (χ1) is 16.9. The van der Waals surface area contributed by atoms with Crippen molar-refractivity contribution in [2.45, 2.75) is 27.4 Å². The van der Waals surface area contributed by atoms with Crippen LogP contribution in [0.4, 0.5) is 5.69 Å². The van der Waals surface area contributed by atoms with Crippen LogP contribution in [0.15, 0.2) is 66.2 Å². The maximum absolute atomic E-state index is 12.7. The lowest BCUT2D eigenvalue weighted by molar-refractivity contribution is -0.112. The van der Waals surface area contributed by atoms with Crippen LogP contribution in [-0.4, -0.2) is 19.1 Å². The van der Waals surface area contributed by atoms with Crippen molar-refractivity contribution < 1.29 is 19.0 Å². The molecule has 0 aliphatic carbocycles. The van der Waals surface area contributed by atoms with Crippen molar-refractivity contribution in [2.75, 3.05) is 18.5 Å². The quantitative estimate of drug-likeness (QED) is 0.167. The third kappa shape index (κ3) is 7.49. The van der Waals surface area contributed by atoms with Crippen LogP contribution in [0, 0.1) is 21.8 Å². The van der Waals surface area contributed by atoms with Crippen LogP contribution in [0.5, 0.6) is 17.2 Å². The predicted molar refractivity (Wildman–Crippen MR) is 146 cm³/mol. The third-order valence-electron chi connectivity index (χ3n) is 4.90. The highest BCUT2D eigenvalue weighted by Crippen LogP contribution is 2.35. The Morgan fingerprint density at radius 3 is 2.43 bits per heavy atom. The molecule has 0 aliphatic rings. The third-order valence-corrected chi connectivity index (χ3v) is 5.70. The number of hydrogen-bond donors (Lipinski definition) is 1. The van der Waals surface area contributed by atoms with Gasteiger partial charge in [-0.15, -0.1) is 0 Å². The average molecular weight is 582 g/mol. The summed E-state index contributed by atoms with van der Waals surface area (Å²) in [7, 11) is 0. The lowest BCUT2D eigenvalue weighted by Crippen LogP contribution is -2.13. The van der Waals surface area contributed by atoms with Crippen LogP contribution in [0.3, 0.4) is 0 Å². The number of nitrogens with one attached hydrogen (secondary N) is 1. The molecule has 3 aromatic rings. The number of nitrogens with zero attached hydrogens (tertiary/aromatic N) is 1. The Morgan fingerprint density at radius 2 is 1.77 bits per heavy atom. The topological polar surface area (TPSA) is 80.6 Å². The van der Waals surface area contributed by atoms with Gasteiger partial charge in [-0.25, -0.2) is 0 Å². The molecule has 0 radical (unpaired) electrons. The number of carbonyl (C=O) groups excluding carboxylic acids is 1. The Bertz CT molecular complexity index is 1250. The number of amides is 1. The van der Waals surface area contributed by atoms with Crippen molar-refractivity contribution in [1.29, 1.82) is 5.26 Å². The second-order valence-corrected chi connectivity index (χ2v) is 8.78. The number of nitriles is 1. The van der Waals surface area contributed by atoms with Crippen LogP contribution >= 0.6 is 22.6 Å². The lowest BCUT2D eigenvalue weighted by atomic mass is 10.1. The second-order valence-electron chi connectivity index (χ2n) is 7.62. The molecule has 0 aromatic heterocycles. The zero-order valence-corrected chi connectivity index (χ0v) is 22.1. The highest BCUT2D eigenvalue weighted by Gasteiger charge is 2.15. The molecule has 0 saturated carbocycles. The molecule has 1 N–H and O–H groups in total. The molecule has 0 aliphatic heterocycles. The van der Waals surface area contributed by atoms with Gasteiger partial charge >= 0.3 is 0 Å². The van der Waals surface area contributed by atoms with E-state index in [1.54, 1.807) is 36.4 Å². The highest BCUT2D eigenvalue weighted by molar-refractivity contribution is 14.1. The number of benzene rings is 3. The summed E-state index contributed by atoms with van der Waals surface area (Å²) < 4.78 is 18.1. The van der Waals surface area contributed by atoms with Crippen LogP contribution in [0.1, 0.15) is 30.5 Å². The Morgan fingerprint density at radius 1 is 1.03 bits per heavy atom. The van der Waals surface area contributed by atoms with E-state index >= 15 is 0 Å². The fourth-order valence-corrected chi connectivity index (χ4v) is 4.13. The van der Waals surface area contributed by atoms with Gasteiger partial charge < -0.3 is 19.5 Å². The molecule has 3 aromatic carbocycles. The van der Waals surface area contributed by atoms with E-state index in [1.807, 2.05) is 51.1 Å². The minimum atomic E-state index is -0.496. The number of anilines is 1. The number of carbonyl (C=O) groups is 1. The van der Waals surface area contributed by atoms with Gasteiger partial charge in [-0.1, -0.05) is 29.8 Å². The first-order valence-corrected chi connectivity index (χ1v) is 12.3. The van der Waals surface area contributed by atoms with Crippen LogP contribution in [0.25, 0.3) is 6.08 Å². The predicted octanol–water partition coefficient (Wildman–Crippen LogP) is 6.52. The smallest absolute Gasteiger partial charge is 0.266 e. The molecule has 180 valence electrons. The molecule has 0 atom stereocenters. The zero-order chi connectivity index (χ0) is 25.2. The summed E-state index contributed by atoms with van der Waals surface area (Å²) in [6.45, 7) is 7.25. The second kappa shape index (κ2) is 12.8. The minimum Gasteiger partial charge on any atom is -0.494 e. The van der Waals surface area contributed by atoms with E-state index in [2.05, 4.69) is 34.0 Å². The van der Waals surface area contributed by atoms with E-state index in [4.69, 9.17) is 14.2 Å². The van der Waals surface area contributed by atoms with Crippen LogP contribution in [-0.2, 0) is 11.4 Å². The zero-order valence-electron chi connectivity index (χ0n) is 19.9. The number of ether oxygens (including phenoxy) is 3. The molecule has 3 rings (SSSR count). The Balaban J connectivity index is 1.80. The number of rotatable bonds is 10. The Labute approximate surface area is 219 Å². The number of aryl methyl sites for hydroxylation is 1. The van der Waals surface area contributed by atoms with Crippen molar-refractivity contribution in [3.8, 4) is 23.3 Å². The van der Waals surface area contributed by atoms with Gasteiger partial charge in [0, 0.05) is 5.69 Å². The summed E-state index contributed by atoms with van der Waals surface area (Å²) in [5, 5.41) is 12.4. The molecule has 6 nitrogen and oxygen atoms in total. The van der Waals surface area contributed by atoms with E-state index in [1.165, 1.54) is 5.56 Å². The van der Waals surface area contributed by atoms with E-state index in [-0.39, 0.29) is 5.57 Å². The van der Waals surface area contributed by atoms with Gasteiger partial charge in [0.25, 0.3) is 5.91 Å². The summed E-state index contributed by atoms with van der Waals surface area (Å²) in [6, 6.07) is 20.7. The van der Waals surface area contributed by atoms with Crippen molar-refractivity contribution in [2.24, 2.45) is 0 Å². The molecule has 0 spiro atoms. The van der Waals surface area contributed by atoms with Gasteiger partial charge in [-0.3, -0.25) is 4.79 Å². The SMILES string of the molecule is CCOc1ccc(NC(=O)/C(C#N)=C/c2cc(I)c(OCc3cccc(C)c3)c(OCC)c2)cc1. The van der Waals surface area contributed by atoms with Gasteiger partial charge in [0.05, 0.1) is 16.8 Å². The standard InChI is InChI=1S/C28H27IN2O4/c1-4-33-24-11-9-23(10-12-24)31-28(32)22(17-30)14-21-15-25(29)27(26(16-21)34-5-2)35-18-20-8-6-7-19(3)13-20/h6-16H,4-5,18H2,1-3H3,(H,31,32)/b22-14+. The van der Waals surface area contributed by atoms with E-state index in [0.29, 0.717) is 48.3 Å². The van der Waals surface area contributed by atoms with Gasteiger partial charge in [0.15, 0.2) is 11.5 Å². The van der Waals surface area contributed by atoms with Gasteiger partial charge in [-0.05, 0) is 97.0 Å². The molecule has 0 unspecified atom stereocenters. The highest BCUT2D eigenvalue weighted by atomic mass is 127. The van der Waals surface area contributed by atoms with Gasteiger partial charge in [-0.2, -0.15) is 5.26 Å². The summed E-state index contributed by atoms with van der Waals surface area (Å²) in [5.74, 6) is 1.40. The monoisotopic (exact) mass is 582 g/mol. The average Bonchev–Trinajstić information content (AvgIpc) is 2.83. The molecule has 0 heterocycles. The normalized spacial score (nSPS) is 10.9. The number of hydrogen-bond acceptors (Lipinski definition) is 5. The van der Waals surface area contributed by atoms with Crippen LogP contribution in [0.2, 0.25) is 0 Å². The molecule has 0 saturated heterocycles. The Kier molecular flexibility index (Phi) is 9.56. The van der Waals surface area contributed by atoms with Gasteiger partial charge in [0.2, 0.25) is 0 Å². The first kappa shape index (κ1) is 26.1. The summed E-state index contributed by atoms with van der Waals surface area (Å²) in [6.07, 6.45) is 1.54. The molecular formula is C28H27IN2O4. The fourth-order valence-electron chi connectivity index (χ4n) is 3.35. The molecule has 7 heteroatoms. The summed E-state index contributed by atoms with van der Waals surface area (Å²) in [4.78, 5) is 12.7. The molecule has 0 bridgehead atoms. The first-order valence-electron chi connectivity index (χ1n) is 11.2. The van der Waals surface area contributed by atoms with Crippen molar-refractivity contribution in [3.63, 3.8) is 0 Å². The largest absolute Gasteiger partial charge is 0.494 e. The maximum atomic E-state index is 12.7. The van der Waals surface area contributed by atoms with Crippen molar-refractivity contribution in [3.05, 3.63) is 86.5 Å². The van der Waals surface area contributed by atoms with E-state index in [0.717, 1.165) is 9.13 Å². The van der Waals surface area contributed by atoms with Crippen molar-refractivity contribution in [1.82, 2.24) is 0 Å². The minimum absolute atomic E-state index is 0.0226. The molecule has 1 amide bonds.